The molecule has 294 valence electrons. The predicted molar refractivity (Wildman–Crippen MR) is 265 cm³/mol. The van der Waals surface area contributed by atoms with Crippen LogP contribution >= 0.6 is 11.3 Å². The maximum absolute atomic E-state index is 5.68. The molecular weight excluding hydrogens is 785 g/mol. The zero-order valence-corrected chi connectivity index (χ0v) is 34.8. The Bertz CT molecular complexity index is 3890. The molecule has 63 heavy (non-hydrogen) atoms. The van der Waals surface area contributed by atoms with Crippen molar-refractivity contribution in [3.05, 3.63) is 218 Å². The van der Waals surface area contributed by atoms with Gasteiger partial charge in [-0.05, 0) is 52.4 Å². The van der Waals surface area contributed by atoms with Gasteiger partial charge in [-0.2, -0.15) is 0 Å². The molecule has 0 aliphatic rings. The summed E-state index contributed by atoms with van der Waals surface area (Å²) in [5.41, 5.74) is 14.3. The lowest BCUT2D eigenvalue weighted by molar-refractivity contribution is 1.02. The molecule has 0 aliphatic heterocycles. The van der Waals surface area contributed by atoms with E-state index in [0.29, 0.717) is 5.95 Å². The SMILES string of the molecule is c1ccc(-c2sc3c(-c4ccccc4)nc(-n4c5ccc(-c6cccc7c8ccccc8n(-c8ccccc8)c67)cc5c5ccc6ccccc6c54)nc3c2-c2ccccc2)cc1. The van der Waals surface area contributed by atoms with E-state index in [4.69, 9.17) is 9.97 Å². The molecule has 0 amide bonds. The van der Waals surface area contributed by atoms with Crippen molar-refractivity contribution in [2.24, 2.45) is 0 Å². The molecule has 13 rings (SSSR count). The van der Waals surface area contributed by atoms with Crippen LogP contribution in [-0.2, 0) is 0 Å². The first-order valence-electron chi connectivity index (χ1n) is 21.3. The van der Waals surface area contributed by atoms with E-state index in [1.165, 1.54) is 37.6 Å². The number of benzene rings is 9. The van der Waals surface area contributed by atoms with E-state index >= 15 is 0 Å². The lowest BCUT2D eigenvalue weighted by Crippen LogP contribution is -2.03. The topological polar surface area (TPSA) is 35.6 Å². The Hall–Kier alpha value is -8.12. The van der Waals surface area contributed by atoms with Gasteiger partial charge in [0.2, 0.25) is 5.95 Å². The number of para-hydroxylation sites is 3. The molecule has 0 saturated heterocycles. The smallest absolute Gasteiger partial charge is 0.235 e. The van der Waals surface area contributed by atoms with Gasteiger partial charge in [0.25, 0.3) is 0 Å². The predicted octanol–water partition coefficient (Wildman–Crippen LogP) is 15.7. The third-order valence-corrected chi connectivity index (χ3v) is 13.8. The summed E-state index contributed by atoms with van der Waals surface area (Å²) in [5.74, 6) is 0.645. The molecule has 9 aromatic carbocycles. The van der Waals surface area contributed by atoms with Crippen molar-refractivity contribution in [3.63, 3.8) is 0 Å². The first-order valence-corrected chi connectivity index (χ1v) is 22.2. The van der Waals surface area contributed by atoms with Gasteiger partial charge in [-0.1, -0.05) is 188 Å². The molecule has 0 unspecified atom stereocenters. The lowest BCUT2D eigenvalue weighted by Gasteiger charge is -2.13. The maximum atomic E-state index is 5.68. The van der Waals surface area contributed by atoms with Crippen LogP contribution in [0.15, 0.2) is 218 Å². The highest BCUT2D eigenvalue weighted by Gasteiger charge is 2.25. The van der Waals surface area contributed by atoms with E-state index in [-0.39, 0.29) is 0 Å². The monoisotopic (exact) mass is 820 g/mol. The Morgan fingerprint density at radius 2 is 1.00 bits per heavy atom. The fourth-order valence-corrected chi connectivity index (χ4v) is 11.1. The molecule has 0 radical (unpaired) electrons. The second-order valence-electron chi connectivity index (χ2n) is 16.1. The normalized spacial score (nSPS) is 11.8. The van der Waals surface area contributed by atoms with Crippen molar-refractivity contribution in [2.45, 2.75) is 0 Å². The van der Waals surface area contributed by atoms with E-state index in [1.54, 1.807) is 11.3 Å². The number of hydrogen-bond acceptors (Lipinski definition) is 3. The van der Waals surface area contributed by atoms with E-state index in [1.807, 2.05) is 0 Å². The third-order valence-electron chi connectivity index (χ3n) is 12.5. The summed E-state index contributed by atoms with van der Waals surface area (Å²) in [6.45, 7) is 0. The van der Waals surface area contributed by atoms with E-state index in [9.17, 15) is 0 Å². The number of fused-ring (bicyclic) bond motifs is 9. The Balaban J connectivity index is 1.13. The average Bonchev–Trinajstić information content (AvgIpc) is 4.03. The number of aromatic nitrogens is 4. The average molecular weight is 821 g/mol. The van der Waals surface area contributed by atoms with Gasteiger partial charge in [0.15, 0.2) is 0 Å². The van der Waals surface area contributed by atoms with Crippen LogP contribution in [0.1, 0.15) is 0 Å². The minimum Gasteiger partial charge on any atom is -0.309 e. The van der Waals surface area contributed by atoms with Crippen molar-refractivity contribution in [1.29, 1.82) is 0 Å². The lowest BCUT2D eigenvalue weighted by atomic mass is 9.99. The van der Waals surface area contributed by atoms with Crippen LogP contribution in [0.5, 0.6) is 0 Å². The van der Waals surface area contributed by atoms with Crippen LogP contribution < -0.4 is 0 Å². The van der Waals surface area contributed by atoms with Crippen LogP contribution in [0.2, 0.25) is 0 Å². The highest BCUT2D eigenvalue weighted by molar-refractivity contribution is 7.23. The minimum atomic E-state index is 0.645. The Morgan fingerprint density at radius 3 is 1.78 bits per heavy atom. The van der Waals surface area contributed by atoms with Crippen LogP contribution in [0.4, 0.5) is 0 Å². The first kappa shape index (κ1) is 35.6. The van der Waals surface area contributed by atoms with E-state index in [2.05, 4.69) is 228 Å². The van der Waals surface area contributed by atoms with Crippen molar-refractivity contribution in [3.8, 4) is 55.6 Å². The van der Waals surface area contributed by atoms with Crippen molar-refractivity contribution in [1.82, 2.24) is 19.1 Å². The maximum Gasteiger partial charge on any atom is 0.235 e. The van der Waals surface area contributed by atoms with Crippen molar-refractivity contribution in [2.75, 3.05) is 0 Å². The molecular formula is C58H36N4S. The molecule has 0 spiro atoms. The van der Waals surface area contributed by atoms with Crippen LogP contribution in [0, 0.1) is 0 Å². The summed E-state index contributed by atoms with van der Waals surface area (Å²) < 4.78 is 5.81. The standard InChI is InChI=1S/C58H36N4S/c1-5-19-38(20-6-1)51-53-57(63-56(51)40-23-9-3-10-24-40)52(39-21-7-2-8-22-39)59-58(60-53)62-50-35-33-41(36-48(50)47-34-32-37-18-13-14-27-43(37)55(47)62)44-29-17-30-46-45-28-15-16-31-49(45)61(54(44)46)42-25-11-4-12-26-42/h1-36H. The number of thiophene rings is 1. The second kappa shape index (κ2) is 14.2. The Kier molecular flexibility index (Phi) is 8.05. The highest BCUT2D eigenvalue weighted by Crippen LogP contribution is 2.48. The molecule has 4 heterocycles. The van der Waals surface area contributed by atoms with E-state index in [0.717, 1.165) is 76.6 Å². The molecule has 0 saturated carbocycles. The van der Waals surface area contributed by atoms with Gasteiger partial charge >= 0.3 is 0 Å². The van der Waals surface area contributed by atoms with Crippen molar-refractivity contribution >= 4 is 75.9 Å². The fraction of sp³-hybridized carbons (Fsp3) is 0. The minimum absolute atomic E-state index is 0.645. The highest BCUT2D eigenvalue weighted by atomic mass is 32.1. The summed E-state index contributed by atoms with van der Waals surface area (Å²) >= 11 is 1.77. The molecule has 0 bridgehead atoms. The number of hydrogen-bond donors (Lipinski definition) is 0. The Morgan fingerprint density at radius 1 is 0.381 bits per heavy atom. The number of rotatable bonds is 6. The van der Waals surface area contributed by atoms with Crippen LogP contribution in [0.3, 0.4) is 0 Å². The quantitative estimate of drug-likeness (QED) is 0.167. The molecule has 4 nitrogen and oxygen atoms in total. The first-order chi connectivity index (χ1) is 31.3. The van der Waals surface area contributed by atoms with Crippen LogP contribution in [-0.4, -0.2) is 19.1 Å². The molecule has 0 fully saturated rings. The zero-order valence-electron chi connectivity index (χ0n) is 34.0. The summed E-state index contributed by atoms with van der Waals surface area (Å²) in [7, 11) is 0. The largest absolute Gasteiger partial charge is 0.309 e. The summed E-state index contributed by atoms with van der Waals surface area (Å²) in [4.78, 5) is 12.5. The van der Waals surface area contributed by atoms with Crippen LogP contribution in [0.25, 0.3) is 120 Å². The fourth-order valence-electron chi connectivity index (χ4n) is 9.78. The van der Waals surface area contributed by atoms with Gasteiger partial charge in [-0.15, -0.1) is 11.3 Å². The molecule has 13 aromatic rings. The van der Waals surface area contributed by atoms with Gasteiger partial charge < -0.3 is 4.57 Å². The molecule has 0 atom stereocenters. The summed E-state index contributed by atoms with van der Waals surface area (Å²) in [6, 6.07) is 78.4. The Labute approximate surface area is 367 Å². The van der Waals surface area contributed by atoms with Gasteiger partial charge in [-0.3, -0.25) is 4.57 Å². The summed E-state index contributed by atoms with van der Waals surface area (Å²) in [5, 5.41) is 7.10. The molecule has 0 N–H and O–H groups in total. The molecule has 0 aliphatic carbocycles. The molecule has 4 aromatic heterocycles. The molecule has 5 heteroatoms. The zero-order chi connectivity index (χ0) is 41.4. The number of nitrogens with zero attached hydrogens (tertiary/aromatic N) is 4. The van der Waals surface area contributed by atoms with Crippen molar-refractivity contribution < 1.29 is 0 Å². The second-order valence-corrected chi connectivity index (χ2v) is 17.1. The van der Waals surface area contributed by atoms with Gasteiger partial charge in [0.1, 0.15) is 0 Å². The van der Waals surface area contributed by atoms with E-state index < -0.39 is 0 Å². The summed E-state index contributed by atoms with van der Waals surface area (Å²) in [6.07, 6.45) is 0. The van der Waals surface area contributed by atoms with Gasteiger partial charge in [0, 0.05) is 54.2 Å². The van der Waals surface area contributed by atoms with Gasteiger partial charge in [0.05, 0.1) is 38.0 Å². The third kappa shape index (κ3) is 5.53. The van der Waals surface area contributed by atoms with Gasteiger partial charge in [-0.25, -0.2) is 9.97 Å².